The Kier molecular flexibility index (Phi) is 5.41. The fraction of sp³-hybridized carbons (Fsp3) is 0.250. The molecular weight excluding hydrogens is 333 g/mol. The van der Waals surface area contributed by atoms with Crippen molar-refractivity contribution in [2.24, 2.45) is 0 Å². The first-order valence-electron chi connectivity index (χ1n) is 8.47. The van der Waals surface area contributed by atoms with Crippen LogP contribution in [-0.4, -0.2) is 22.6 Å². The highest BCUT2D eigenvalue weighted by molar-refractivity contribution is 5.95. The van der Waals surface area contributed by atoms with E-state index in [1.807, 2.05) is 31.2 Å². The van der Waals surface area contributed by atoms with Crippen molar-refractivity contribution in [2.75, 3.05) is 6.54 Å². The summed E-state index contributed by atoms with van der Waals surface area (Å²) in [4.78, 5) is 16.3. The van der Waals surface area contributed by atoms with E-state index in [1.54, 1.807) is 13.0 Å². The van der Waals surface area contributed by atoms with E-state index in [0.717, 1.165) is 16.7 Å². The van der Waals surface area contributed by atoms with Gasteiger partial charge in [0.2, 0.25) is 5.89 Å². The third kappa shape index (κ3) is 4.33. The van der Waals surface area contributed by atoms with Crippen molar-refractivity contribution in [1.29, 1.82) is 0 Å². The van der Waals surface area contributed by atoms with Gasteiger partial charge in [-0.3, -0.25) is 4.79 Å². The highest BCUT2D eigenvalue weighted by Gasteiger charge is 2.12. The zero-order valence-electron chi connectivity index (χ0n) is 14.8. The van der Waals surface area contributed by atoms with Gasteiger partial charge in [-0.1, -0.05) is 41.1 Å². The number of nitrogens with one attached hydrogen (secondary N) is 1. The lowest BCUT2D eigenvalue weighted by molar-refractivity contribution is 0.0949. The van der Waals surface area contributed by atoms with E-state index in [-0.39, 0.29) is 5.56 Å². The average molecular weight is 353 g/mol. The summed E-state index contributed by atoms with van der Waals surface area (Å²) in [5, 5.41) is 6.42. The Hall–Kier alpha value is -3.02. The fourth-order valence-electron chi connectivity index (χ4n) is 2.60. The van der Waals surface area contributed by atoms with E-state index in [9.17, 15) is 9.18 Å². The summed E-state index contributed by atoms with van der Waals surface area (Å²) in [6.07, 6.45) is 1.20. The number of hydrogen-bond acceptors (Lipinski definition) is 4. The van der Waals surface area contributed by atoms with Crippen molar-refractivity contribution in [3.05, 3.63) is 71.1 Å². The molecule has 1 N–H and O–H groups in total. The normalized spacial score (nSPS) is 10.7. The first-order valence-corrected chi connectivity index (χ1v) is 8.47. The van der Waals surface area contributed by atoms with Crippen molar-refractivity contribution in [3.8, 4) is 11.1 Å². The van der Waals surface area contributed by atoms with Gasteiger partial charge in [0.15, 0.2) is 5.82 Å². The van der Waals surface area contributed by atoms with Gasteiger partial charge < -0.3 is 9.84 Å². The van der Waals surface area contributed by atoms with E-state index in [1.165, 1.54) is 12.1 Å². The van der Waals surface area contributed by atoms with E-state index in [2.05, 4.69) is 15.5 Å². The van der Waals surface area contributed by atoms with Gasteiger partial charge in [-0.2, -0.15) is 4.98 Å². The largest absolute Gasteiger partial charge is 0.352 e. The van der Waals surface area contributed by atoms with Crippen molar-refractivity contribution in [3.63, 3.8) is 0 Å². The maximum atomic E-state index is 14.3. The molecular formula is C20H20FN3O2. The monoisotopic (exact) mass is 353 g/mol. The molecule has 3 aromatic rings. The Morgan fingerprint density at radius 1 is 1.12 bits per heavy atom. The molecule has 0 fully saturated rings. The molecule has 0 unspecified atom stereocenters. The molecule has 0 bridgehead atoms. The lowest BCUT2D eigenvalue weighted by Crippen LogP contribution is -2.25. The molecule has 0 aliphatic rings. The van der Waals surface area contributed by atoms with Crippen LogP contribution < -0.4 is 5.32 Å². The van der Waals surface area contributed by atoms with Crippen LogP contribution in [0.3, 0.4) is 0 Å². The molecule has 134 valence electrons. The van der Waals surface area contributed by atoms with Gasteiger partial charge in [0.25, 0.3) is 5.91 Å². The minimum Gasteiger partial charge on any atom is -0.352 e. The number of amides is 1. The van der Waals surface area contributed by atoms with E-state index >= 15 is 0 Å². The zero-order chi connectivity index (χ0) is 18.5. The average Bonchev–Trinajstić information content (AvgIpc) is 3.04. The lowest BCUT2D eigenvalue weighted by atomic mass is 10.0. The van der Waals surface area contributed by atoms with Crippen LogP contribution in [0.25, 0.3) is 11.1 Å². The van der Waals surface area contributed by atoms with Crippen molar-refractivity contribution in [1.82, 2.24) is 15.5 Å². The Morgan fingerprint density at radius 3 is 2.50 bits per heavy atom. The summed E-state index contributed by atoms with van der Waals surface area (Å²) in [6, 6.07) is 12.5. The van der Waals surface area contributed by atoms with Crippen LogP contribution in [0.15, 0.2) is 47.0 Å². The predicted octanol–water partition coefficient (Wildman–Crippen LogP) is 3.86. The van der Waals surface area contributed by atoms with Crippen molar-refractivity contribution < 1.29 is 13.7 Å². The van der Waals surface area contributed by atoms with Gasteiger partial charge in [-0.25, -0.2) is 4.39 Å². The third-order valence-electron chi connectivity index (χ3n) is 4.02. The summed E-state index contributed by atoms with van der Waals surface area (Å²) in [5.74, 6) is 0.151. The summed E-state index contributed by atoms with van der Waals surface area (Å²) in [7, 11) is 0. The standard InChI is InChI=1S/C20H20FN3O2/c1-13-5-7-15(8-6-13)16-9-10-17(18(21)12-16)20(25)22-11-3-4-19-23-14(2)24-26-19/h5-10,12H,3-4,11H2,1-2H3,(H,22,25). The van der Waals surface area contributed by atoms with Gasteiger partial charge in [0, 0.05) is 13.0 Å². The second-order valence-corrected chi connectivity index (χ2v) is 6.16. The number of halogens is 1. The van der Waals surface area contributed by atoms with Gasteiger partial charge in [-0.15, -0.1) is 0 Å². The number of carbonyl (C=O) groups is 1. The topological polar surface area (TPSA) is 68.0 Å². The summed E-state index contributed by atoms with van der Waals surface area (Å²) >= 11 is 0. The molecule has 5 nitrogen and oxygen atoms in total. The van der Waals surface area contributed by atoms with Gasteiger partial charge >= 0.3 is 0 Å². The second-order valence-electron chi connectivity index (χ2n) is 6.16. The number of aromatic nitrogens is 2. The third-order valence-corrected chi connectivity index (χ3v) is 4.02. The Labute approximate surface area is 151 Å². The van der Waals surface area contributed by atoms with E-state index < -0.39 is 11.7 Å². The number of rotatable bonds is 6. The van der Waals surface area contributed by atoms with Crippen molar-refractivity contribution in [2.45, 2.75) is 26.7 Å². The molecule has 0 saturated heterocycles. The smallest absolute Gasteiger partial charge is 0.254 e. The Balaban J connectivity index is 1.58. The SMILES string of the molecule is Cc1ccc(-c2ccc(C(=O)NCCCc3nc(C)no3)c(F)c2)cc1. The second kappa shape index (κ2) is 7.91. The molecule has 1 amide bonds. The molecule has 6 heteroatoms. The summed E-state index contributed by atoms with van der Waals surface area (Å²) < 4.78 is 19.4. The van der Waals surface area contributed by atoms with Crippen LogP contribution >= 0.6 is 0 Å². The number of benzene rings is 2. The highest BCUT2D eigenvalue weighted by Crippen LogP contribution is 2.22. The van der Waals surface area contributed by atoms with E-state index in [0.29, 0.717) is 31.1 Å². The zero-order valence-corrected chi connectivity index (χ0v) is 14.8. The molecule has 2 aromatic carbocycles. The van der Waals surface area contributed by atoms with Gasteiger partial charge in [0.05, 0.1) is 5.56 Å². The number of carbonyl (C=O) groups excluding carboxylic acids is 1. The van der Waals surface area contributed by atoms with Gasteiger partial charge in [-0.05, 0) is 43.5 Å². The summed E-state index contributed by atoms with van der Waals surface area (Å²) in [6.45, 7) is 4.15. The molecule has 0 saturated carbocycles. The molecule has 0 aliphatic carbocycles. The molecule has 3 rings (SSSR count). The molecule has 0 radical (unpaired) electrons. The van der Waals surface area contributed by atoms with Crippen LogP contribution in [0.4, 0.5) is 4.39 Å². The summed E-state index contributed by atoms with van der Waals surface area (Å²) in [5.41, 5.74) is 2.83. The van der Waals surface area contributed by atoms with Crippen molar-refractivity contribution >= 4 is 5.91 Å². The highest BCUT2D eigenvalue weighted by atomic mass is 19.1. The number of hydrogen-bond donors (Lipinski definition) is 1. The van der Waals surface area contributed by atoms with Crippen LogP contribution in [-0.2, 0) is 6.42 Å². The lowest BCUT2D eigenvalue weighted by Gasteiger charge is -2.08. The molecule has 26 heavy (non-hydrogen) atoms. The van der Waals surface area contributed by atoms with Crippen LogP contribution in [0.1, 0.15) is 34.1 Å². The van der Waals surface area contributed by atoms with E-state index in [4.69, 9.17) is 4.52 Å². The first-order chi connectivity index (χ1) is 12.5. The number of aryl methyl sites for hydroxylation is 3. The fourth-order valence-corrected chi connectivity index (χ4v) is 2.60. The molecule has 0 aliphatic heterocycles. The predicted molar refractivity (Wildman–Crippen MR) is 96.3 cm³/mol. The van der Waals surface area contributed by atoms with Gasteiger partial charge in [0.1, 0.15) is 5.82 Å². The Morgan fingerprint density at radius 2 is 1.85 bits per heavy atom. The van der Waals surface area contributed by atoms with Crippen LogP contribution in [0, 0.1) is 19.7 Å². The minimum atomic E-state index is -0.534. The van der Waals surface area contributed by atoms with Crippen LogP contribution in [0.5, 0.6) is 0 Å². The number of nitrogens with zero attached hydrogens (tertiary/aromatic N) is 2. The molecule has 1 heterocycles. The maximum absolute atomic E-state index is 14.3. The maximum Gasteiger partial charge on any atom is 0.254 e. The van der Waals surface area contributed by atoms with Crippen LogP contribution in [0.2, 0.25) is 0 Å². The molecule has 1 aromatic heterocycles. The quantitative estimate of drug-likeness (QED) is 0.684. The Bertz CT molecular complexity index is 904. The first kappa shape index (κ1) is 17.8. The molecule has 0 atom stereocenters. The minimum absolute atomic E-state index is 0.0366. The molecule has 0 spiro atoms.